The first-order valence-electron chi connectivity index (χ1n) is 5.37. The van der Waals surface area contributed by atoms with Crippen LogP contribution in [0, 0.1) is 23.0 Å². The number of hydrogen-bond donors (Lipinski definition) is 1. The first-order chi connectivity index (χ1) is 8.70. The summed E-state index contributed by atoms with van der Waals surface area (Å²) in [4.78, 5) is 0. The van der Waals surface area contributed by atoms with Gasteiger partial charge in [0.25, 0.3) is 0 Å². The fourth-order valence-electron chi connectivity index (χ4n) is 1.57. The Morgan fingerprint density at radius 2 is 1.78 bits per heavy atom. The van der Waals surface area contributed by atoms with Gasteiger partial charge >= 0.3 is 0 Å². The molecule has 0 spiro atoms. The molecule has 0 aliphatic carbocycles. The van der Waals surface area contributed by atoms with Crippen molar-refractivity contribution in [2.45, 2.75) is 6.54 Å². The lowest BCUT2D eigenvalue weighted by atomic mass is 10.1. The highest BCUT2D eigenvalue weighted by Gasteiger charge is 2.06. The second-order valence-corrected chi connectivity index (χ2v) is 3.75. The van der Waals surface area contributed by atoms with Gasteiger partial charge in [0.15, 0.2) is 0 Å². The number of benzene rings is 2. The third-order valence-electron chi connectivity index (χ3n) is 2.53. The Hall–Kier alpha value is -2.41. The number of nitrogens with one attached hydrogen (secondary N) is 1. The molecule has 2 nitrogen and oxygen atoms in total. The van der Waals surface area contributed by atoms with Crippen LogP contribution >= 0.6 is 0 Å². The highest BCUT2D eigenvalue weighted by Crippen LogP contribution is 2.15. The number of hydrogen-bond acceptors (Lipinski definition) is 2. The standard InChI is InChI=1S/C14H10F2N2/c15-12-4-6-13(7-5-12)18-9-11-3-1-2-10(8-17)14(11)16/h1-7,18H,9H2. The van der Waals surface area contributed by atoms with Gasteiger partial charge < -0.3 is 5.32 Å². The maximum atomic E-state index is 13.7. The van der Waals surface area contributed by atoms with E-state index in [4.69, 9.17) is 5.26 Å². The third-order valence-corrected chi connectivity index (χ3v) is 2.53. The molecular formula is C14H10F2N2. The predicted molar refractivity (Wildman–Crippen MR) is 64.8 cm³/mol. The number of nitriles is 1. The molecule has 2 aromatic carbocycles. The molecule has 0 unspecified atom stereocenters. The quantitative estimate of drug-likeness (QED) is 0.897. The molecule has 0 amide bonds. The monoisotopic (exact) mass is 244 g/mol. The van der Waals surface area contributed by atoms with Crippen LogP contribution < -0.4 is 5.32 Å². The fourth-order valence-corrected chi connectivity index (χ4v) is 1.57. The SMILES string of the molecule is N#Cc1cccc(CNc2ccc(F)cc2)c1F. The van der Waals surface area contributed by atoms with Crippen molar-refractivity contribution < 1.29 is 8.78 Å². The molecule has 90 valence electrons. The molecule has 1 N–H and O–H groups in total. The number of anilines is 1. The number of rotatable bonds is 3. The molecule has 0 saturated heterocycles. The van der Waals surface area contributed by atoms with Gasteiger partial charge in [0.2, 0.25) is 0 Å². The molecule has 0 bridgehead atoms. The van der Waals surface area contributed by atoms with Crippen molar-refractivity contribution in [1.29, 1.82) is 5.26 Å². The zero-order chi connectivity index (χ0) is 13.0. The van der Waals surface area contributed by atoms with Crippen molar-refractivity contribution in [3.8, 4) is 6.07 Å². The van der Waals surface area contributed by atoms with Crippen molar-refractivity contribution in [1.82, 2.24) is 0 Å². The summed E-state index contributed by atoms with van der Waals surface area (Å²) in [5, 5.41) is 11.7. The van der Waals surface area contributed by atoms with Crippen molar-refractivity contribution >= 4 is 5.69 Å². The molecule has 0 aliphatic heterocycles. The lowest BCUT2D eigenvalue weighted by Crippen LogP contribution is -2.03. The van der Waals surface area contributed by atoms with Crippen molar-refractivity contribution in [2.24, 2.45) is 0 Å². The van der Waals surface area contributed by atoms with E-state index in [9.17, 15) is 8.78 Å². The van der Waals surface area contributed by atoms with Gasteiger partial charge in [-0.05, 0) is 30.3 Å². The summed E-state index contributed by atoms with van der Waals surface area (Å²) in [6.45, 7) is 0.243. The van der Waals surface area contributed by atoms with E-state index in [0.717, 1.165) is 0 Å². The van der Waals surface area contributed by atoms with Gasteiger partial charge in [0.05, 0.1) is 5.56 Å². The van der Waals surface area contributed by atoms with E-state index in [1.54, 1.807) is 30.3 Å². The molecule has 0 saturated carbocycles. The Kier molecular flexibility index (Phi) is 3.54. The van der Waals surface area contributed by atoms with E-state index < -0.39 is 5.82 Å². The van der Waals surface area contributed by atoms with Gasteiger partial charge in [-0.25, -0.2) is 8.78 Å². The fraction of sp³-hybridized carbons (Fsp3) is 0.0714. The van der Waals surface area contributed by atoms with Gasteiger partial charge in [0.1, 0.15) is 17.7 Å². The smallest absolute Gasteiger partial charge is 0.145 e. The highest BCUT2D eigenvalue weighted by atomic mass is 19.1. The van der Waals surface area contributed by atoms with E-state index in [1.165, 1.54) is 18.2 Å². The summed E-state index contributed by atoms with van der Waals surface area (Å²) in [6, 6.07) is 12.2. The van der Waals surface area contributed by atoms with Crippen LogP contribution in [0.4, 0.5) is 14.5 Å². The van der Waals surface area contributed by atoms with E-state index in [0.29, 0.717) is 11.3 Å². The molecule has 2 rings (SSSR count). The molecule has 2 aromatic rings. The van der Waals surface area contributed by atoms with Gasteiger partial charge in [-0.3, -0.25) is 0 Å². The Balaban J connectivity index is 2.11. The topological polar surface area (TPSA) is 35.8 Å². The predicted octanol–water partition coefficient (Wildman–Crippen LogP) is 3.45. The maximum absolute atomic E-state index is 13.7. The first-order valence-corrected chi connectivity index (χ1v) is 5.37. The Bertz CT molecular complexity index is 586. The molecule has 0 aliphatic rings. The van der Waals surface area contributed by atoms with Crippen molar-refractivity contribution in [3.05, 3.63) is 65.2 Å². The second-order valence-electron chi connectivity index (χ2n) is 3.75. The molecule has 0 aromatic heterocycles. The van der Waals surface area contributed by atoms with Crippen LogP contribution in [-0.4, -0.2) is 0 Å². The summed E-state index contributed by atoms with van der Waals surface area (Å²) in [7, 11) is 0. The summed E-state index contributed by atoms with van der Waals surface area (Å²) in [5.74, 6) is -0.840. The molecule has 4 heteroatoms. The Morgan fingerprint density at radius 1 is 1.06 bits per heavy atom. The van der Waals surface area contributed by atoms with Crippen molar-refractivity contribution in [2.75, 3.05) is 5.32 Å². The summed E-state index contributed by atoms with van der Waals surface area (Å²) in [5.41, 5.74) is 1.12. The molecule has 0 fully saturated rings. The van der Waals surface area contributed by atoms with E-state index in [2.05, 4.69) is 5.32 Å². The summed E-state index contributed by atoms with van der Waals surface area (Å²) >= 11 is 0. The van der Waals surface area contributed by atoms with Crippen LogP contribution in [0.5, 0.6) is 0 Å². The number of nitrogens with zero attached hydrogens (tertiary/aromatic N) is 1. The highest BCUT2D eigenvalue weighted by molar-refractivity contribution is 5.44. The van der Waals surface area contributed by atoms with E-state index in [1.807, 2.05) is 0 Å². The summed E-state index contributed by atoms with van der Waals surface area (Å²) in [6.07, 6.45) is 0. The molecule has 0 atom stereocenters. The van der Waals surface area contributed by atoms with Crippen LogP contribution in [0.25, 0.3) is 0 Å². The van der Waals surface area contributed by atoms with E-state index in [-0.39, 0.29) is 17.9 Å². The van der Waals surface area contributed by atoms with Crippen LogP contribution in [0.15, 0.2) is 42.5 Å². The summed E-state index contributed by atoms with van der Waals surface area (Å²) < 4.78 is 26.4. The second kappa shape index (κ2) is 5.28. The van der Waals surface area contributed by atoms with Crippen LogP contribution in [0.1, 0.15) is 11.1 Å². The number of halogens is 2. The zero-order valence-corrected chi connectivity index (χ0v) is 9.45. The third kappa shape index (κ3) is 2.64. The van der Waals surface area contributed by atoms with Gasteiger partial charge in [-0.15, -0.1) is 0 Å². The van der Waals surface area contributed by atoms with Crippen LogP contribution in [0.2, 0.25) is 0 Å². The Morgan fingerprint density at radius 3 is 2.44 bits per heavy atom. The van der Waals surface area contributed by atoms with E-state index >= 15 is 0 Å². The minimum absolute atomic E-state index is 0.0217. The normalized spacial score (nSPS) is 9.83. The maximum Gasteiger partial charge on any atom is 0.145 e. The molecule has 18 heavy (non-hydrogen) atoms. The van der Waals surface area contributed by atoms with Crippen molar-refractivity contribution in [3.63, 3.8) is 0 Å². The van der Waals surface area contributed by atoms with Crippen LogP contribution in [-0.2, 0) is 6.54 Å². The molecule has 0 heterocycles. The lowest BCUT2D eigenvalue weighted by Gasteiger charge is -2.07. The average molecular weight is 244 g/mol. The zero-order valence-electron chi connectivity index (χ0n) is 9.45. The van der Waals surface area contributed by atoms with Gasteiger partial charge in [-0.1, -0.05) is 12.1 Å². The Labute approximate surface area is 103 Å². The lowest BCUT2D eigenvalue weighted by molar-refractivity contribution is 0.609. The van der Waals surface area contributed by atoms with Crippen LogP contribution in [0.3, 0.4) is 0 Å². The largest absolute Gasteiger partial charge is 0.381 e. The van der Waals surface area contributed by atoms with Gasteiger partial charge in [0, 0.05) is 17.8 Å². The average Bonchev–Trinajstić information content (AvgIpc) is 2.39. The minimum atomic E-state index is -0.519. The minimum Gasteiger partial charge on any atom is -0.381 e. The first kappa shape index (κ1) is 12.1. The van der Waals surface area contributed by atoms with Gasteiger partial charge in [-0.2, -0.15) is 5.26 Å². The molecule has 0 radical (unpaired) electrons. The molecular weight excluding hydrogens is 234 g/mol.